The number of ketones is 1. The molecule has 1 amide bonds. The molecule has 3 rings (SSSR count). The van der Waals surface area contributed by atoms with Crippen LogP contribution in [0.25, 0.3) is 0 Å². The molecule has 1 atom stereocenters. The van der Waals surface area contributed by atoms with Crippen molar-refractivity contribution in [1.82, 2.24) is 4.90 Å². The van der Waals surface area contributed by atoms with Crippen molar-refractivity contribution in [3.05, 3.63) is 28.8 Å². The summed E-state index contributed by atoms with van der Waals surface area (Å²) in [4.78, 5) is 26.8. The third-order valence-electron chi connectivity index (χ3n) is 5.97. The Morgan fingerprint density at radius 1 is 1.32 bits per heavy atom. The minimum atomic E-state index is -0.526. The van der Waals surface area contributed by atoms with Crippen LogP contribution in [0.5, 0.6) is 5.75 Å². The van der Waals surface area contributed by atoms with Crippen LogP contribution < -0.4 is 4.74 Å². The Hall–Kier alpha value is -1.75. The summed E-state index contributed by atoms with van der Waals surface area (Å²) in [5.74, 6) is 1.09. The van der Waals surface area contributed by atoms with Gasteiger partial charge >= 0.3 is 6.09 Å². The van der Waals surface area contributed by atoms with Crippen LogP contribution in [0.2, 0.25) is 5.02 Å². The number of hydrogen-bond acceptors (Lipinski definition) is 4. The Morgan fingerprint density at radius 2 is 2.07 bits per heavy atom. The summed E-state index contributed by atoms with van der Waals surface area (Å²) in [6.45, 7) is 5.89. The number of hydrogen-bond donors (Lipinski definition) is 0. The molecular weight excluding hydrogens is 378 g/mol. The average Bonchev–Trinajstić information content (AvgIpc) is 2.69. The molecule has 1 spiro atoms. The molecule has 5 nitrogen and oxygen atoms in total. The molecule has 2 aliphatic rings. The SMILES string of the molecule is CCCCC(CC)COC(=O)N1CCC2(CC1)CC(=O)c1cc(Cl)ccc1O2. The number of piperidine rings is 1. The van der Waals surface area contributed by atoms with Crippen molar-refractivity contribution in [3.8, 4) is 5.75 Å². The monoisotopic (exact) mass is 407 g/mol. The Kier molecular flexibility index (Phi) is 6.86. The third-order valence-corrected chi connectivity index (χ3v) is 6.20. The summed E-state index contributed by atoms with van der Waals surface area (Å²) < 4.78 is 11.8. The highest BCUT2D eigenvalue weighted by Gasteiger charge is 2.44. The van der Waals surface area contributed by atoms with Crippen LogP contribution in [0.4, 0.5) is 4.79 Å². The maximum atomic E-state index is 12.6. The molecule has 1 unspecified atom stereocenters. The van der Waals surface area contributed by atoms with Crippen molar-refractivity contribution in [2.24, 2.45) is 5.92 Å². The highest BCUT2D eigenvalue weighted by atomic mass is 35.5. The first-order valence-electron chi connectivity index (χ1n) is 10.4. The molecule has 1 fully saturated rings. The second-order valence-electron chi connectivity index (χ2n) is 8.01. The topological polar surface area (TPSA) is 55.8 Å². The van der Waals surface area contributed by atoms with Gasteiger partial charge in [-0.1, -0.05) is 44.7 Å². The van der Waals surface area contributed by atoms with E-state index in [0.717, 1.165) is 19.3 Å². The number of fused-ring (bicyclic) bond motifs is 1. The van der Waals surface area contributed by atoms with Crippen LogP contribution in [0, 0.1) is 5.92 Å². The molecule has 6 heteroatoms. The number of likely N-dealkylation sites (tertiary alicyclic amines) is 1. The molecule has 0 radical (unpaired) electrons. The van der Waals surface area contributed by atoms with E-state index in [-0.39, 0.29) is 11.9 Å². The molecule has 1 saturated heterocycles. The lowest BCUT2D eigenvalue weighted by atomic mass is 9.82. The Balaban J connectivity index is 1.53. The number of amides is 1. The molecule has 2 heterocycles. The zero-order valence-corrected chi connectivity index (χ0v) is 17.6. The van der Waals surface area contributed by atoms with Gasteiger partial charge in [-0.25, -0.2) is 4.79 Å². The van der Waals surface area contributed by atoms with E-state index < -0.39 is 5.60 Å². The number of ether oxygens (including phenoxy) is 2. The maximum Gasteiger partial charge on any atom is 0.409 e. The summed E-state index contributed by atoms with van der Waals surface area (Å²) in [5.41, 5.74) is 0.0274. The molecule has 0 bridgehead atoms. The van der Waals surface area contributed by atoms with E-state index >= 15 is 0 Å². The van der Waals surface area contributed by atoms with E-state index in [1.165, 1.54) is 6.42 Å². The van der Waals surface area contributed by atoms with Crippen LogP contribution in [-0.2, 0) is 4.74 Å². The zero-order valence-electron chi connectivity index (χ0n) is 16.8. The standard InChI is InChI=1S/C22H30ClNO4/c1-3-5-6-16(4-2)15-27-21(26)24-11-9-22(10-12-24)14-19(25)18-13-17(23)7-8-20(18)28-22/h7-8,13,16H,3-6,9-12,14-15H2,1-2H3. The lowest BCUT2D eigenvalue weighted by Gasteiger charge is -2.43. The van der Waals surface area contributed by atoms with Gasteiger partial charge in [-0.2, -0.15) is 0 Å². The number of Topliss-reactive ketones (excluding diaryl/α,β-unsaturated/α-hetero) is 1. The van der Waals surface area contributed by atoms with E-state index in [0.29, 0.717) is 61.2 Å². The van der Waals surface area contributed by atoms with Gasteiger partial charge in [0.2, 0.25) is 0 Å². The van der Waals surface area contributed by atoms with Gasteiger partial charge in [-0.15, -0.1) is 0 Å². The number of halogens is 1. The van der Waals surface area contributed by atoms with Gasteiger partial charge in [0.1, 0.15) is 11.4 Å². The van der Waals surface area contributed by atoms with Gasteiger partial charge in [0.25, 0.3) is 0 Å². The van der Waals surface area contributed by atoms with Gasteiger partial charge in [0, 0.05) is 31.0 Å². The molecule has 2 aliphatic heterocycles. The van der Waals surface area contributed by atoms with Crippen LogP contribution in [0.3, 0.4) is 0 Å². The van der Waals surface area contributed by atoms with Crippen molar-refractivity contribution in [3.63, 3.8) is 0 Å². The predicted molar refractivity (Wildman–Crippen MR) is 109 cm³/mol. The van der Waals surface area contributed by atoms with Gasteiger partial charge in [-0.3, -0.25) is 4.79 Å². The van der Waals surface area contributed by atoms with Crippen molar-refractivity contribution in [1.29, 1.82) is 0 Å². The van der Waals surface area contributed by atoms with Crippen molar-refractivity contribution in [2.75, 3.05) is 19.7 Å². The fourth-order valence-electron chi connectivity index (χ4n) is 4.02. The Morgan fingerprint density at radius 3 is 2.75 bits per heavy atom. The number of unbranched alkanes of at least 4 members (excludes halogenated alkanes) is 1. The second-order valence-corrected chi connectivity index (χ2v) is 8.44. The van der Waals surface area contributed by atoms with Crippen LogP contribution in [0.1, 0.15) is 69.2 Å². The first-order valence-corrected chi connectivity index (χ1v) is 10.8. The van der Waals surface area contributed by atoms with Crippen molar-refractivity contribution < 1.29 is 19.1 Å². The summed E-state index contributed by atoms with van der Waals surface area (Å²) in [7, 11) is 0. The number of carbonyl (C=O) groups is 2. The minimum absolute atomic E-state index is 0.0569. The third kappa shape index (κ3) is 4.80. The lowest BCUT2D eigenvalue weighted by molar-refractivity contribution is -0.0106. The van der Waals surface area contributed by atoms with Crippen molar-refractivity contribution >= 4 is 23.5 Å². The smallest absolute Gasteiger partial charge is 0.409 e. The second kappa shape index (κ2) is 9.17. The van der Waals surface area contributed by atoms with E-state index in [4.69, 9.17) is 21.1 Å². The largest absolute Gasteiger partial charge is 0.486 e. The molecule has 1 aromatic rings. The fourth-order valence-corrected chi connectivity index (χ4v) is 4.19. The Labute approximate surface area is 172 Å². The molecule has 0 saturated carbocycles. The predicted octanol–water partition coefficient (Wildman–Crippen LogP) is 5.49. The van der Waals surface area contributed by atoms with Gasteiger partial charge in [-0.05, 0) is 30.5 Å². The minimum Gasteiger partial charge on any atom is -0.486 e. The number of nitrogens with zero attached hydrogens (tertiary/aromatic N) is 1. The van der Waals surface area contributed by atoms with E-state index in [1.54, 1.807) is 23.1 Å². The van der Waals surface area contributed by atoms with E-state index in [1.807, 2.05) is 0 Å². The lowest BCUT2D eigenvalue weighted by Crippen LogP contribution is -2.52. The van der Waals surface area contributed by atoms with Gasteiger partial charge in [0.15, 0.2) is 5.78 Å². The molecule has 0 aromatic heterocycles. The highest BCUT2D eigenvalue weighted by Crippen LogP contribution is 2.40. The average molecular weight is 408 g/mol. The first-order chi connectivity index (χ1) is 13.5. The molecule has 28 heavy (non-hydrogen) atoms. The number of carbonyl (C=O) groups excluding carboxylic acids is 2. The van der Waals surface area contributed by atoms with Crippen LogP contribution >= 0.6 is 11.6 Å². The summed E-state index contributed by atoms with van der Waals surface area (Å²) >= 11 is 6.00. The fraction of sp³-hybridized carbons (Fsp3) is 0.636. The normalized spacial score (nSPS) is 19.1. The summed E-state index contributed by atoms with van der Waals surface area (Å²) in [6, 6.07) is 5.17. The van der Waals surface area contributed by atoms with Crippen LogP contribution in [0.15, 0.2) is 18.2 Å². The molecular formula is C22H30ClNO4. The zero-order chi connectivity index (χ0) is 20.1. The molecule has 0 aliphatic carbocycles. The summed E-state index contributed by atoms with van der Waals surface area (Å²) in [6.07, 6.45) is 5.79. The quantitative estimate of drug-likeness (QED) is 0.625. The van der Waals surface area contributed by atoms with Gasteiger partial charge in [0.05, 0.1) is 18.6 Å². The van der Waals surface area contributed by atoms with E-state index in [9.17, 15) is 9.59 Å². The van der Waals surface area contributed by atoms with Gasteiger partial charge < -0.3 is 14.4 Å². The number of benzene rings is 1. The maximum absolute atomic E-state index is 12.6. The van der Waals surface area contributed by atoms with E-state index in [2.05, 4.69) is 13.8 Å². The summed E-state index contributed by atoms with van der Waals surface area (Å²) in [5, 5.41) is 0.536. The molecule has 1 aromatic carbocycles. The molecule has 0 N–H and O–H groups in total. The number of rotatable bonds is 6. The first kappa shape index (κ1) is 21.0. The Bertz CT molecular complexity index is 712. The van der Waals surface area contributed by atoms with Crippen molar-refractivity contribution in [2.45, 2.75) is 64.4 Å². The highest BCUT2D eigenvalue weighted by molar-refractivity contribution is 6.31. The van der Waals surface area contributed by atoms with Crippen LogP contribution in [-0.4, -0.2) is 42.1 Å². The molecule has 154 valence electrons.